The molecule has 0 nitrogen and oxygen atoms in total. The fourth-order valence-electron chi connectivity index (χ4n) is 1.30. The summed E-state index contributed by atoms with van der Waals surface area (Å²) in [6, 6.07) is 6.28. The number of halogens is 2. The van der Waals surface area contributed by atoms with E-state index in [9.17, 15) is 4.39 Å². The Morgan fingerprint density at radius 2 is 2.15 bits per heavy atom. The maximum absolute atomic E-state index is 11.9. The van der Waals surface area contributed by atoms with Gasteiger partial charge in [-0.05, 0) is 36.5 Å². The van der Waals surface area contributed by atoms with E-state index in [1.807, 2.05) is 0 Å². The zero-order valence-corrected chi connectivity index (χ0v) is 9.40. The molecule has 1 aromatic rings. The molecule has 0 radical (unpaired) electrons. The van der Waals surface area contributed by atoms with Gasteiger partial charge >= 0.3 is 0 Å². The van der Waals surface area contributed by atoms with Crippen molar-refractivity contribution >= 4 is 15.9 Å². The predicted molar refractivity (Wildman–Crippen MR) is 57.8 cm³/mol. The Morgan fingerprint density at radius 1 is 1.38 bits per heavy atom. The second kappa shape index (κ2) is 5.38. The topological polar surface area (TPSA) is 0 Å². The lowest BCUT2D eigenvalue weighted by molar-refractivity contribution is 0.473. The summed E-state index contributed by atoms with van der Waals surface area (Å²) in [5, 5.41) is 0. The summed E-state index contributed by atoms with van der Waals surface area (Å²) in [4.78, 5) is 0. The van der Waals surface area contributed by atoms with Crippen LogP contribution in [0.15, 0.2) is 22.7 Å². The Kier molecular flexibility index (Phi) is 4.43. The molecule has 0 aliphatic rings. The Morgan fingerprint density at radius 3 is 2.69 bits per heavy atom. The average molecular weight is 245 g/mol. The first-order chi connectivity index (χ1) is 6.27. The zero-order chi connectivity index (χ0) is 9.68. The second-order valence-corrected chi connectivity index (χ2v) is 3.93. The maximum Gasteiger partial charge on any atom is 0.0897 e. The molecule has 0 heterocycles. The molecule has 0 aromatic heterocycles. The molecule has 0 aliphatic heterocycles. The van der Waals surface area contributed by atoms with Crippen molar-refractivity contribution in [3.63, 3.8) is 0 Å². The molecule has 0 bridgehead atoms. The summed E-state index contributed by atoms with van der Waals surface area (Å²) >= 11 is 3.51. The molecular weight excluding hydrogens is 231 g/mol. The summed E-state index contributed by atoms with van der Waals surface area (Å²) in [6.45, 7) is 1.90. The molecule has 0 saturated carbocycles. The van der Waals surface area contributed by atoms with Crippen molar-refractivity contribution in [3.05, 3.63) is 33.8 Å². The van der Waals surface area contributed by atoms with E-state index in [4.69, 9.17) is 0 Å². The van der Waals surface area contributed by atoms with Crippen LogP contribution < -0.4 is 0 Å². The Balaban J connectivity index is 2.71. The molecule has 13 heavy (non-hydrogen) atoms. The van der Waals surface area contributed by atoms with Crippen molar-refractivity contribution in [2.75, 3.05) is 6.67 Å². The highest BCUT2D eigenvalue weighted by Gasteiger charge is 1.99. The van der Waals surface area contributed by atoms with Crippen LogP contribution >= 0.6 is 15.9 Å². The van der Waals surface area contributed by atoms with Crippen LogP contribution in [0.4, 0.5) is 4.39 Å². The van der Waals surface area contributed by atoms with Gasteiger partial charge in [-0.15, -0.1) is 0 Å². The van der Waals surface area contributed by atoms with E-state index in [-0.39, 0.29) is 6.67 Å². The summed E-state index contributed by atoms with van der Waals surface area (Å²) in [7, 11) is 0. The van der Waals surface area contributed by atoms with Crippen LogP contribution in [-0.2, 0) is 12.8 Å². The van der Waals surface area contributed by atoms with E-state index < -0.39 is 0 Å². The quantitative estimate of drug-likeness (QED) is 0.754. The van der Waals surface area contributed by atoms with Gasteiger partial charge in [-0.25, -0.2) is 0 Å². The standard InChI is InChI=1S/C11H14BrF/c1-2-10-6-5-9(4-3-7-13)8-11(10)12/h5-6,8H,2-4,7H2,1H3. The summed E-state index contributed by atoms with van der Waals surface area (Å²) < 4.78 is 13.1. The predicted octanol–water partition coefficient (Wildman–Crippen LogP) is 3.91. The van der Waals surface area contributed by atoms with Crippen molar-refractivity contribution in [1.82, 2.24) is 0 Å². The van der Waals surface area contributed by atoms with E-state index in [1.165, 1.54) is 11.1 Å². The van der Waals surface area contributed by atoms with Crippen LogP contribution in [-0.4, -0.2) is 6.67 Å². The molecule has 1 aromatic carbocycles. The number of hydrogen-bond acceptors (Lipinski definition) is 0. The Labute approximate surface area is 87.3 Å². The normalized spacial score (nSPS) is 10.4. The molecule has 0 amide bonds. The molecule has 0 N–H and O–H groups in total. The van der Waals surface area contributed by atoms with Crippen LogP contribution in [0.1, 0.15) is 24.5 Å². The van der Waals surface area contributed by atoms with Crippen molar-refractivity contribution in [2.24, 2.45) is 0 Å². The zero-order valence-electron chi connectivity index (χ0n) is 7.82. The van der Waals surface area contributed by atoms with Crippen LogP contribution in [0, 0.1) is 0 Å². The molecule has 0 spiro atoms. The van der Waals surface area contributed by atoms with Gasteiger partial charge in [0.15, 0.2) is 0 Å². The van der Waals surface area contributed by atoms with Crippen molar-refractivity contribution in [2.45, 2.75) is 26.2 Å². The lowest BCUT2D eigenvalue weighted by Gasteiger charge is -2.04. The second-order valence-electron chi connectivity index (χ2n) is 3.07. The Hall–Kier alpha value is -0.370. The van der Waals surface area contributed by atoms with Crippen molar-refractivity contribution in [3.8, 4) is 0 Å². The number of aryl methyl sites for hydroxylation is 2. The van der Waals surface area contributed by atoms with Gasteiger partial charge in [0.25, 0.3) is 0 Å². The molecule has 0 saturated heterocycles. The lowest BCUT2D eigenvalue weighted by atomic mass is 10.1. The van der Waals surface area contributed by atoms with Gasteiger partial charge in [-0.3, -0.25) is 4.39 Å². The number of benzene rings is 1. The summed E-state index contributed by atoms with van der Waals surface area (Å²) in [5.74, 6) is 0. The molecule has 0 atom stereocenters. The third kappa shape index (κ3) is 3.11. The van der Waals surface area contributed by atoms with E-state index in [2.05, 4.69) is 41.1 Å². The lowest BCUT2D eigenvalue weighted by Crippen LogP contribution is -1.89. The molecule has 0 aliphatic carbocycles. The largest absolute Gasteiger partial charge is 0.251 e. The third-order valence-electron chi connectivity index (χ3n) is 2.10. The molecule has 72 valence electrons. The number of alkyl halides is 1. The first kappa shape index (κ1) is 10.7. The van der Waals surface area contributed by atoms with Crippen molar-refractivity contribution < 1.29 is 4.39 Å². The minimum absolute atomic E-state index is 0.229. The molecule has 2 heteroatoms. The van der Waals surface area contributed by atoms with E-state index >= 15 is 0 Å². The SMILES string of the molecule is CCc1ccc(CCCF)cc1Br. The fraction of sp³-hybridized carbons (Fsp3) is 0.455. The Bertz CT molecular complexity index is 271. The van der Waals surface area contributed by atoms with Gasteiger partial charge in [0.05, 0.1) is 6.67 Å². The van der Waals surface area contributed by atoms with Crippen LogP contribution in [0.2, 0.25) is 0 Å². The fourth-order valence-corrected chi connectivity index (χ4v) is 2.01. The minimum atomic E-state index is -0.229. The van der Waals surface area contributed by atoms with Crippen LogP contribution in [0.3, 0.4) is 0 Å². The highest BCUT2D eigenvalue weighted by Crippen LogP contribution is 2.19. The molecule has 0 unspecified atom stereocenters. The van der Waals surface area contributed by atoms with E-state index in [1.54, 1.807) is 0 Å². The minimum Gasteiger partial charge on any atom is -0.251 e. The average Bonchev–Trinajstić information content (AvgIpc) is 2.15. The van der Waals surface area contributed by atoms with Gasteiger partial charge in [0.1, 0.15) is 0 Å². The van der Waals surface area contributed by atoms with Gasteiger partial charge in [0.2, 0.25) is 0 Å². The van der Waals surface area contributed by atoms with Gasteiger partial charge in [-0.2, -0.15) is 0 Å². The monoisotopic (exact) mass is 244 g/mol. The first-order valence-electron chi connectivity index (χ1n) is 4.61. The third-order valence-corrected chi connectivity index (χ3v) is 2.84. The maximum atomic E-state index is 11.9. The highest BCUT2D eigenvalue weighted by molar-refractivity contribution is 9.10. The molecule has 1 rings (SSSR count). The van der Waals surface area contributed by atoms with Crippen molar-refractivity contribution in [1.29, 1.82) is 0 Å². The van der Waals surface area contributed by atoms with Gasteiger partial charge < -0.3 is 0 Å². The molecular formula is C11H14BrF. The summed E-state index contributed by atoms with van der Waals surface area (Å²) in [5.41, 5.74) is 2.52. The van der Waals surface area contributed by atoms with Gasteiger partial charge in [0, 0.05) is 4.47 Å². The van der Waals surface area contributed by atoms with E-state index in [0.29, 0.717) is 6.42 Å². The van der Waals surface area contributed by atoms with Gasteiger partial charge in [-0.1, -0.05) is 35.0 Å². The smallest absolute Gasteiger partial charge is 0.0897 e. The summed E-state index contributed by atoms with van der Waals surface area (Å²) in [6.07, 6.45) is 2.49. The van der Waals surface area contributed by atoms with Crippen LogP contribution in [0.25, 0.3) is 0 Å². The number of hydrogen-bond donors (Lipinski definition) is 0. The van der Waals surface area contributed by atoms with E-state index in [0.717, 1.165) is 17.3 Å². The number of rotatable bonds is 4. The van der Waals surface area contributed by atoms with Crippen LogP contribution in [0.5, 0.6) is 0 Å². The first-order valence-corrected chi connectivity index (χ1v) is 5.40. The molecule has 0 fully saturated rings. The highest BCUT2D eigenvalue weighted by atomic mass is 79.9.